The molecule has 1 N–H and O–H groups in total. The molecule has 0 bridgehead atoms. The number of halogens is 1. The zero-order valence-corrected chi connectivity index (χ0v) is 18.2. The summed E-state index contributed by atoms with van der Waals surface area (Å²) in [6.07, 6.45) is 1.90. The van der Waals surface area contributed by atoms with Crippen LogP contribution in [0.25, 0.3) is 0 Å². The second-order valence-electron chi connectivity index (χ2n) is 8.91. The van der Waals surface area contributed by atoms with Crippen molar-refractivity contribution >= 4 is 17.6 Å². The summed E-state index contributed by atoms with van der Waals surface area (Å²) in [5.74, 6) is -1.59. The van der Waals surface area contributed by atoms with E-state index >= 15 is 4.39 Å². The van der Waals surface area contributed by atoms with E-state index in [9.17, 15) is 14.7 Å². The van der Waals surface area contributed by atoms with Gasteiger partial charge in [0.05, 0.1) is 6.04 Å². The molecule has 172 valence electrons. The lowest BCUT2D eigenvalue weighted by Crippen LogP contribution is -2.45. The van der Waals surface area contributed by atoms with Crippen molar-refractivity contribution in [1.29, 1.82) is 0 Å². The minimum Gasteiger partial charge on any atom is -0.486 e. The molecule has 2 heterocycles. The van der Waals surface area contributed by atoms with E-state index in [0.29, 0.717) is 52.7 Å². The lowest BCUT2D eigenvalue weighted by Gasteiger charge is -2.41. The molecule has 2 atom stereocenters. The van der Waals surface area contributed by atoms with E-state index < -0.39 is 17.9 Å². The molecule has 0 saturated heterocycles. The van der Waals surface area contributed by atoms with Crippen LogP contribution in [-0.2, 0) is 4.79 Å². The number of benzene rings is 3. The molecule has 0 aromatic heterocycles. The van der Waals surface area contributed by atoms with E-state index in [1.165, 1.54) is 11.0 Å². The van der Waals surface area contributed by atoms with Gasteiger partial charge in [0.15, 0.2) is 11.5 Å². The highest BCUT2D eigenvalue weighted by molar-refractivity contribution is 6.11. The second kappa shape index (κ2) is 7.87. The zero-order valence-electron chi connectivity index (χ0n) is 18.2. The number of hydrogen-bond acceptors (Lipinski definition) is 4. The van der Waals surface area contributed by atoms with Crippen LogP contribution in [-0.4, -0.2) is 30.2 Å². The van der Waals surface area contributed by atoms with Crippen LogP contribution in [0.2, 0.25) is 0 Å². The Morgan fingerprint density at radius 2 is 1.71 bits per heavy atom. The maximum Gasteiger partial charge on any atom is 0.313 e. The molecule has 3 aromatic rings. The number of aliphatic carboxylic acids is 1. The van der Waals surface area contributed by atoms with Crippen molar-refractivity contribution in [2.45, 2.75) is 30.7 Å². The third-order valence-electron chi connectivity index (χ3n) is 6.79. The molecule has 3 aliphatic rings. The van der Waals surface area contributed by atoms with E-state index in [2.05, 4.69) is 0 Å². The van der Waals surface area contributed by atoms with Crippen molar-refractivity contribution in [1.82, 2.24) is 0 Å². The third kappa shape index (κ3) is 3.31. The SMILES string of the molecule is O=C(O)[C@H]1c2ccccc2C(=O)N(c2ccc(C3CC3)c(F)c2)[C@@H]1c1ccc2c(c1)OCCO2. The Morgan fingerprint density at radius 1 is 0.941 bits per heavy atom. The van der Waals surface area contributed by atoms with E-state index in [4.69, 9.17) is 9.47 Å². The fourth-order valence-corrected chi connectivity index (χ4v) is 5.06. The Balaban J connectivity index is 1.54. The number of carbonyl (C=O) groups is 2. The molecule has 6 rings (SSSR count). The minimum atomic E-state index is -1.07. The summed E-state index contributed by atoms with van der Waals surface area (Å²) in [4.78, 5) is 27.8. The van der Waals surface area contributed by atoms with Crippen molar-refractivity contribution in [3.8, 4) is 11.5 Å². The van der Waals surface area contributed by atoms with Crippen LogP contribution in [0.4, 0.5) is 10.1 Å². The number of nitrogens with zero attached hydrogens (tertiary/aromatic N) is 1. The van der Waals surface area contributed by atoms with Crippen LogP contribution in [0.15, 0.2) is 60.7 Å². The molecule has 2 aliphatic heterocycles. The Labute approximate surface area is 195 Å². The molecule has 0 spiro atoms. The number of fused-ring (bicyclic) bond motifs is 2. The largest absolute Gasteiger partial charge is 0.486 e. The monoisotopic (exact) mass is 459 g/mol. The summed E-state index contributed by atoms with van der Waals surface area (Å²) in [6, 6.07) is 15.8. The first-order chi connectivity index (χ1) is 16.5. The number of ether oxygens (including phenoxy) is 2. The molecule has 1 saturated carbocycles. The Morgan fingerprint density at radius 3 is 2.44 bits per heavy atom. The molecule has 7 heteroatoms. The van der Waals surface area contributed by atoms with Gasteiger partial charge in [-0.3, -0.25) is 14.5 Å². The fourth-order valence-electron chi connectivity index (χ4n) is 5.06. The van der Waals surface area contributed by atoms with Gasteiger partial charge in [-0.05, 0) is 65.8 Å². The lowest BCUT2D eigenvalue weighted by atomic mass is 9.79. The summed E-state index contributed by atoms with van der Waals surface area (Å²) in [6.45, 7) is 0.806. The van der Waals surface area contributed by atoms with Gasteiger partial charge in [-0.25, -0.2) is 4.39 Å². The van der Waals surface area contributed by atoms with Crippen molar-refractivity contribution in [3.05, 3.63) is 88.7 Å². The number of rotatable bonds is 4. The first kappa shape index (κ1) is 20.7. The smallest absolute Gasteiger partial charge is 0.313 e. The lowest BCUT2D eigenvalue weighted by molar-refractivity contribution is -0.139. The summed E-state index contributed by atoms with van der Waals surface area (Å²) in [5, 5.41) is 10.3. The van der Waals surface area contributed by atoms with Gasteiger partial charge >= 0.3 is 5.97 Å². The normalized spacial score (nSPS) is 21.2. The number of hydrogen-bond donors (Lipinski definition) is 1. The quantitative estimate of drug-likeness (QED) is 0.591. The van der Waals surface area contributed by atoms with Crippen LogP contribution < -0.4 is 14.4 Å². The van der Waals surface area contributed by atoms with Crippen molar-refractivity contribution < 1.29 is 28.6 Å². The predicted molar refractivity (Wildman–Crippen MR) is 122 cm³/mol. The molecular formula is C27H22FNO5. The van der Waals surface area contributed by atoms with Crippen molar-refractivity contribution in [2.24, 2.45) is 0 Å². The van der Waals surface area contributed by atoms with Crippen molar-refractivity contribution in [2.75, 3.05) is 18.1 Å². The number of carbonyl (C=O) groups excluding carboxylic acids is 1. The average molecular weight is 459 g/mol. The van der Waals surface area contributed by atoms with Crippen LogP contribution in [0.5, 0.6) is 11.5 Å². The zero-order chi connectivity index (χ0) is 23.4. The maximum atomic E-state index is 15.0. The van der Waals surface area contributed by atoms with Gasteiger partial charge in [0.1, 0.15) is 24.9 Å². The molecule has 0 unspecified atom stereocenters. The number of amides is 1. The first-order valence-electron chi connectivity index (χ1n) is 11.4. The highest BCUT2D eigenvalue weighted by atomic mass is 19.1. The van der Waals surface area contributed by atoms with Gasteiger partial charge in [0, 0.05) is 11.3 Å². The van der Waals surface area contributed by atoms with Gasteiger partial charge in [-0.2, -0.15) is 0 Å². The average Bonchev–Trinajstić information content (AvgIpc) is 3.68. The second-order valence-corrected chi connectivity index (χ2v) is 8.91. The minimum absolute atomic E-state index is 0.215. The number of carboxylic acid groups (broad SMARTS) is 1. The van der Waals surface area contributed by atoms with Crippen molar-refractivity contribution in [3.63, 3.8) is 0 Å². The standard InChI is InChI=1S/C27H22FNO5/c28-21-14-17(8-9-18(21)15-5-6-15)29-25(16-7-10-22-23(13-16)34-12-11-33-22)24(27(31)32)19-3-1-2-4-20(19)26(29)30/h1-4,7-10,13-15,24-25H,5-6,11-12H2,(H,31,32)/t24-,25+/m0/s1. The van der Waals surface area contributed by atoms with Gasteiger partial charge in [0.25, 0.3) is 5.91 Å². The summed E-state index contributed by atoms with van der Waals surface area (Å²) < 4.78 is 26.4. The Hall–Kier alpha value is -3.87. The molecule has 0 radical (unpaired) electrons. The molecule has 34 heavy (non-hydrogen) atoms. The molecule has 1 aliphatic carbocycles. The van der Waals surface area contributed by atoms with Crippen LogP contribution >= 0.6 is 0 Å². The van der Waals surface area contributed by atoms with E-state index in [0.717, 1.165) is 12.8 Å². The molecule has 3 aromatic carbocycles. The highest BCUT2D eigenvalue weighted by Crippen LogP contribution is 2.48. The molecule has 6 nitrogen and oxygen atoms in total. The third-order valence-corrected chi connectivity index (χ3v) is 6.79. The molecule has 1 fully saturated rings. The Kier molecular flexibility index (Phi) is 4.79. The van der Waals surface area contributed by atoms with E-state index in [1.807, 2.05) is 0 Å². The van der Waals surface area contributed by atoms with Crippen LogP contribution in [0, 0.1) is 5.82 Å². The number of anilines is 1. The summed E-state index contributed by atoms with van der Waals surface area (Å²) in [5.41, 5.74) is 2.28. The van der Waals surface area contributed by atoms with Gasteiger partial charge in [-0.1, -0.05) is 30.3 Å². The van der Waals surface area contributed by atoms with E-state index in [1.54, 1.807) is 54.6 Å². The maximum absolute atomic E-state index is 15.0. The first-order valence-corrected chi connectivity index (χ1v) is 11.4. The Bertz CT molecular complexity index is 1320. The summed E-state index contributed by atoms with van der Waals surface area (Å²) in [7, 11) is 0. The van der Waals surface area contributed by atoms with E-state index in [-0.39, 0.29) is 17.6 Å². The fraction of sp³-hybridized carbons (Fsp3) is 0.259. The van der Waals surface area contributed by atoms with Crippen LogP contribution in [0.3, 0.4) is 0 Å². The highest BCUT2D eigenvalue weighted by Gasteiger charge is 2.45. The molecular weight excluding hydrogens is 437 g/mol. The predicted octanol–water partition coefficient (Wildman–Crippen LogP) is 5.04. The topological polar surface area (TPSA) is 76.1 Å². The molecule has 1 amide bonds. The van der Waals surface area contributed by atoms with Gasteiger partial charge < -0.3 is 14.6 Å². The van der Waals surface area contributed by atoms with Gasteiger partial charge in [0.2, 0.25) is 0 Å². The van der Waals surface area contributed by atoms with Gasteiger partial charge in [-0.15, -0.1) is 0 Å². The summed E-state index contributed by atoms with van der Waals surface area (Å²) >= 11 is 0. The number of carboxylic acids is 1. The van der Waals surface area contributed by atoms with Crippen LogP contribution in [0.1, 0.15) is 57.8 Å².